The van der Waals surface area contributed by atoms with Crippen LogP contribution in [0.3, 0.4) is 0 Å². The summed E-state index contributed by atoms with van der Waals surface area (Å²) >= 11 is 0. The molecule has 1 unspecified atom stereocenters. The normalized spacial score (nSPS) is 22.6. The summed E-state index contributed by atoms with van der Waals surface area (Å²) in [6.45, 7) is 0.953. The Hall–Kier alpha value is -2.68. The molecule has 1 aromatic heterocycles. The summed E-state index contributed by atoms with van der Waals surface area (Å²) in [6.07, 6.45) is 4.62. The van der Waals surface area contributed by atoms with E-state index in [1.54, 1.807) is 4.90 Å². The van der Waals surface area contributed by atoms with Gasteiger partial charge in [-0.3, -0.25) is 4.79 Å². The third-order valence-electron chi connectivity index (χ3n) is 6.74. The number of pyridine rings is 1. The Morgan fingerprint density at radius 2 is 2.00 bits per heavy atom. The topological polar surface area (TPSA) is 101 Å². The van der Waals surface area contributed by atoms with Crippen LogP contribution in [0.25, 0.3) is 10.9 Å². The van der Waals surface area contributed by atoms with Crippen LogP contribution in [0, 0.1) is 17.0 Å². The number of hydrogen-bond acceptors (Lipinski definition) is 5. The van der Waals surface area contributed by atoms with E-state index >= 15 is 8.78 Å². The molecular weight excluding hydrogens is 382 g/mol. The molecule has 29 heavy (non-hydrogen) atoms. The van der Waals surface area contributed by atoms with E-state index < -0.39 is 34.3 Å². The minimum absolute atomic E-state index is 0.0146. The summed E-state index contributed by atoms with van der Waals surface area (Å²) in [4.78, 5) is 25.9. The highest BCUT2D eigenvalue weighted by molar-refractivity contribution is 5.99. The minimum atomic E-state index is -1.44. The van der Waals surface area contributed by atoms with E-state index in [1.165, 1.54) is 4.57 Å². The van der Waals surface area contributed by atoms with Crippen molar-refractivity contribution in [2.24, 2.45) is 5.41 Å². The van der Waals surface area contributed by atoms with Gasteiger partial charge < -0.3 is 25.6 Å². The predicted molar refractivity (Wildman–Crippen MR) is 104 cm³/mol. The summed E-state index contributed by atoms with van der Waals surface area (Å²) < 4.78 is 32.5. The van der Waals surface area contributed by atoms with Gasteiger partial charge in [-0.2, -0.15) is 0 Å². The monoisotopic (exact) mass is 404 g/mol. The van der Waals surface area contributed by atoms with Crippen molar-refractivity contribution in [3.05, 3.63) is 33.6 Å². The van der Waals surface area contributed by atoms with Crippen molar-refractivity contribution in [2.75, 3.05) is 30.8 Å². The highest BCUT2D eigenvalue weighted by Gasteiger charge is 2.55. The SMILES string of the molecule is CNC1CN(c2c(F)c(N)c3c(=O)c(C(=O)O)cn(C4CC4)c3c2F)CC12CC2. The molecule has 0 amide bonds. The molecule has 5 rings (SSSR count). The predicted octanol–water partition coefficient (Wildman–Crippen LogP) is 2.08. The summed E-state index contributed by atoms with van der Waals surface area (Å²) in [5, 5.41) is 12.2. The Labute approximate surface area is 165 Å². The average molecular weight is 404 g/mol. The number of aromatic carboxylic acids is 1. The molecule has 1 spiro atoms. The van der Waals surface area contributed by atoms with Crippen LogP contribution >= 0.6 is 0 Å². The molecule has 2 aliphatic carbocycles. The van der Waals surface area contributed by atoms with Crippen molar-refractivity contribution >= 4 is 28.2 Å². The van der Waals surface area contributed by atoms with Crippen molar-refractivity contribution in [3.8, 4) is 0 Å². The quantitative estimate of drug-likeness (QED) is 0.675. The lowest BCUT2D eigenvalue weighted by molar-refractivity contribution is 0.0695. The van der Waals surface area contributed by atoms with Gasteiger partial charge >= 0.3 is 5.97 Å². The number of anilines is 2. The number of benzene rings is 1. The van der Waals surface area contributed by atoms with Gasteiger partial charge in [-0.15, -0.1) is 0 Å². The van der Waals surface area contributed by atoms with Crippen molar-refractivity contribution in [3.63, 3.8) is 0 Å². The molecule has 154 valence electrons. The number of carboxylic acids is 1. The van der Waals surface area contributed by atoms with Crippen molar-refractivity contribution in [2.45, 2.75) is 37.8 Å². The zero-order valence-electron chi connectivity index (χ0n) is 16.0. The van der Waals surface area contributed by atoms with Crippen molar-refractivity contribution in [1.29, 1.82) is 0 Å². The van der Waals surface area contributed by atoms with E-state index in [4.69, 9.17) is 5.73 Å². The first-order valence-electron chi connectivity index (χ1n) is 9.80. The molecule has 0 radical (unpaired) electrons. The van der Waals surface area contributed by atoms with Crippen LogP contribution in [-0.4, -0.2) is 41.8 Å². The Morgan fingerprint density at radius 3 is 2.52 bits per heavy atom. The van der Waals surface area contributed by atoms with Crippen molar-refractivity contribution in [1.82, 2.24) is 9.88 Å². The van der Waals surface area contributed by atoms with Gasteiger partial charge in [0.15, 0.2) is 11.6 Å². The molecule has 2 aromatic rings. The van der Waals surface area contributed by atoms with Gasteiger partial charge in [0.25, 0.3) is 0 Å². The van der Waals surface area contributed by atoms with Gasteiger partial charge in [0, 0.05) is 36.8 Å². The van der Waals surface area contributed by atoms with E-state index in [9.17, 15) is 14.7 Å². The highest BCUT2D eigenvalue weighted by atomic mass is 19.1. The first kappa shape index (κ1) is 18.4. The smallest absolute Gasteiger partial charge is 0.341 e. The van der Waals surface area contributed by atoms with Crippen LogP contribution in [0.2, 0.25) is 0 Å². The standard InChI is InChI=1S/C20H22F2N4O3/c1-24-11-7-25(8-20(11)4-5-20)17-13(21)15(23)12-16(14(17)22)26(9-2-3-9)6-10(18(12)27)19(28)29/h6,9,11,24H,2-5,7-8,23H2,1H3,(H,28,29). The van der Waals surface area contributed by atoms with E-state index in [0.29, 0.717) is 13.1 Å². The number of nitrogens with zero attached hydrogens (tertiary/aromatic N) is 2. The zero-order valence-corrected chi connectivity index (χ0v) is 16.0. The Bertz CT molecular complexity index is 1120. The fourth-order valence-electron chi connectivity index (χ4n) is 4.83. The van der Waals surface area contributed by atoms with Crippen LogP contribution in [0.15, 0.2) is 11.0 Å². The number of nitrogen functional groups attached to an aromatic ring is 1. The van der Waals surface area contributed by atoms with E-state index in [1.807, 2.05) is 7.05 Å². The number of carboxylic acid groups (broad SMARTS) is 1. The van der Waals surface area contributed by atoms with Gasteiger partial charge in [0.05, 0.1) is 16.6 Å². The summed E-state index contributed by atoms with van der Waals surface area (Å²) in [5.41, 5.74) is 3.68. The number of hydrogen-bond donors (Lipinski definition) is 3. The first-order chi connectivity index (χ1) is 13.8. The second kappa shape index (κ2) is 5.91. The molecule has 2 saturated carbocycles. The molecule has 7 nitrogen and oxygen atoms in total. The Balaban J connectivity index is 1.78. The second-order valence-electron chi connectivity index (χ2n) is 8.51. The van der Waals surface area contributed by atoms with Crippen LogP contribution in [-0.2, 0) is 0 Å². The Kier molecular flexibility index (Phi) is 3.74. The largest absolute Gasteiger partial charge is 0.477 e. The van der Waals surface area contributed by atoms with Crippen LogP contribution in [0.4, 0.5) is 20.2 Å². The molecule has 3 aliphatic rings. The molecule has 1 aliphatic heterocycles. The molecule has 1 saturated heterocycles. The molecule has 9 heteroatoms. The van der Waals surface area contributed by atoms with Crippen molar-refractivity contribution < 1.29 is 18.7 Å². The number of nitrogens with two attached hydrogens (primary N) is 1. The van der Waals surface area contributed by atoms with Gasteiger partial charge in [-0.1, -0.05) is 0 Å². The molecule has 1 aromatic carbocycles. The van der Waals surface area contributed by atoms with Crippen LogP contribution < -0.4 is 21.4 Å². The molecule has 1 atom stereocenters. The summed E-state index contributed by atoms with van der Waals surface area (Å²) in [6, 6.07) is 0.0000494. The molecule has 3 fully saturated rings. The number of nitrogens with one attached hydrogen (secondary N) is 1. The summed E-state index contributed by atoms with van der Waals surface area (Å²) in [5.74, 6) is -3.28. The van der Waals surface area contributed by atoms with E-state index in [0.717, 1.165) is 31.9 Å². The number of rotatable bonds is 4. The fourth-order valence-corrected chi connectivity index (χ4v) is 4.83. The van der Waals surface area contributed by atoms with Gasteiger partial charge in [0.2, 0.25) is 5.43 Å². The maximum absolute atomic E-state index is 15.8. The maximum atomic E-state index is 15.8. The third-order valence-corrected chi connectivity index (χ3v) is 6.74. The Morgan fingerprint density at radius 1 is 1.31 bits per heavy atom. The summed E-state index contributed by atoms with van der Waals surface area (Å²) in [7, 11) is 1.84. The van der Waals surface area contributed by atoms with Gasteiger partial charge in [-0.25, -0.2) is 13.6 Å². The first-order valence-corrected chi connectivity index (χ1v) is 9.80. The molecule has 0 bridgehead atoms. The van der Waals surface area contributed by atoms with E-state index in [-0.39, 0.29) is 34.1 Å². The second-order valence-corrected chi connectivity index (χ2v) is 8.51. The van der Waals surface area contributed by atoms with Crippen LogP contribution in [0.5, 0.6) is 0 Å². The van der Waals surface area contributed by atoms with Gasteiger partial charge in [0.1, 0.15) is 11.3 Å². The lowest BCUT2D eigenvalue weighted by Gasteiger charge is -2.23. The molecule has 4 N–H and O–H groups in total. The number of carbonyl (C=O) groups is 1. The molecule has 2 heterocycles. The van der Waals surface area contributed by atoms with Gasteiger partial charge in [-0.05, 0) is 32.7 Å². The zero-order chi connectivity index (χ0) is 20.7. The highest BCUT2D eigenvalue weighted by Crippen LogP contribution is 2.54. The third kappa shape index (κ3) is 2.49. The average Bonchev–Trinajstić information content (AvgIpc) is 3.58. The number of aromatic nitrogens is 1. The fraction of sp³-hybridized carbons (Fsp3) is 0.500. The lowest BCUT2D eigenvalue weighted by Crippen LogP contribution is -2.34. The van der Waals surface area contributed by atoms with E-state index in [2.05, 4.69) is 5.32 Å². The van der Waals surface area contributed by atoms with Crippen LogP contribution in [0.1, 0.15) is 42.1 Å². The lowest BCUT2D eigenvalue weighted by atomic mass is 10.0. The number of fused-ring (bicyclic) bond motifs is 1. The number of halogens is 2. The number of likely N-dealkylation sites (N-methyl/N-ethyl adjacent to an activating group) is 1. The molecular formula is C20H22F2N4O3. The maximum Gasteiger partial charge on any atom is 0.341 e. The minimum Gasteiger partial charge on any atom is -0.477 e.